The Hall–Kier alpha value is -3.22. The summed E-state index contributed by atoms with van der Waals surface area (Å²) in [6, 6.07) is 11.3. The minimum absolute atomic E-state index is 0.0867. The number of amides is 2. The SMILES string of the molecule is CC(=O)Nc1cccc(NC(=O)Cc2ccccc2[N+](=O)[O-])c1C. The molecule has 0 aliphatic carbocycles. The molecule has 0 aliphatic rings. The van der Waals surface area contributed by atoms with E-state index in [1.54, 1.807) is 43.3 Å². The molecule has 2 N–H and O–H groups in total. The molecule has 0 heterocycles. The van der Waals surface area contributed by atoms with E-state index in [1.165, 1.54) is 13.0 Å². The summed E-state index contributed by atoms with van der Waals surface area (Å²) >= 11 is 0. The number of carbonyl (C=O) groups excluding carboxylic acids is 2. The van der Waals surface area contributed by atoms with E-state index in [0.29, 0.717) is 22.5 Å². The topological polar surface area (TPSA) is 101 Å². The van der Waals surface area contributed by atoms with E-state index >= 15 is 0 Å². The highest BCUT2D eigenvalue weighted by molar-refractivity contribution is 5.96. The third kappa shape index (κ3) is 4.16. The Balaban J connectivity index is 2.16. The van der Waals surface area contributed by atoms with Crippen molar-refractivity contribution in [2.45, 2.75) is 20.3 Å². The zero-order valence-corrected chi connectivity index (χ0v) is 13.3. The van der Waals surface area contributed by atoms with E-state index in [9.17, 15) is 19.7 Å². The van der Waals surface area contributed by atoms with Crippen LogP contribution in [0.4, 0.5) is 17.1 Å². The number of nitro groups is 1. The number of carbonyl (C=O) groups is 2. The summed E-state index contributed by atoms with van der Waals surface area (Å²) in [4.78, 5) is 33.9. The zero-order valence-electron chi connectivity index (χ0n) is 13.3. The smallest absolute Gasteiger partial charge is 0.273 e. The van der Waals surface area contributed by atoms with Gasteiger partial charge in [-0.25, -0.2) is 0 Å². The molecule has 0 aromatic heterocycles. The third-order valence-electron chi connectivity index (χ3n) is 3.46. The van der Waals surface area contributed by atoms with E-state index in [1.807, 2.05) is 0 Å². The van der Waals surface area contributed by atoms with Gasteiger partial charge >= 0.3 is 0 Å². The lowest BCUT2D eigenvalue weighted by Crippen LogP contribution is -2.16. The normalized spacial score (nSPS) is 10.1. The Morgan fingerprint density at radius 2 is 1.67 bits per heavy atom. The second-order valence-electron chi connectivity index (χ2n) is 5.27. The number of anilines is 2. The lowest BCUT2D eigenvalue weighted by atomic mass is 10.1. The molecule has 2 aromatic carbocycles. The third-order valence-corrected chi connectivity index (χ3v) is 3.46. The van der Waals surface area contributed by atoms with Gasteiger partial charge in [0, 0.05) is 29.9 Å². The van der Waals surface area contributed by atoms with Gasteiger partial charge in [0.1, 0.15) is 0 Å². The van der Waals surface area contributed by atoms with Crippen molar-refractivity contribution in [2.24, 2.45) is 0 Å². The number of hydrogen-bond acceptors (Lipinski definition) is 4. The largest absolute Gasteiger partial charge is 0.326 e. The van der Waals surface area contributed by atoms with Crippen molar-refractivity contribution < 1.29 is 14.5 Å². The van der Waals surface area contributed by atoms with Crippen molar-refractivity contribution in [1.29, 1.82) is 0 Å². The molecule has 0 unspecified atom stereocenters. The van der Waals surface area contributed by atoms with Gasteiger partial charge < -0.3 is 10.6 Å². The van der Waals surface area contributed by atoms with Crippen LogP contribution >= 0.6 is 0 Å². The second kappa shape index (κ2) is 7.36. The molecule has 2 rings (SSSR count). The van der Waals surface area contributed by atoms with Crippen molar-refractivity contribution in [2.75, 3.05) is 10.6 Å². The van der Waals surface area contributed by atoms with Crippen LogP contribution in [0.15, 0.2) is 42.5 Å². The Morgan fingerprint density at radius 3 is 2.29 bits per heavy atom. The second-order valence-corrected chi connectivity index (χ2v) is 5.27. The number of nitrogens with one attached hydrogen (secondary N) is 2. The molecular weight excluding hydrogens is 310 g/mol. The van der Waals surface area contributed by atoms with Crippen LogP contribution in [0.1, 0.15) is 18.1 Å². The Bertz CT molecular complexity index is 802. The highest BCUT2D eigenvalue weighted by Gasteiger charge is 2.16. The zero-order chi connectivity index (χ0) is 17.7. The summed E-state index contributed by atoms with van der Waals surface area (Å²) in [5.74, 6) is -0.575. The van der Waals surface area contributed by atoms with Crippen LogP contribution < -0.4 is 10.6 Å². The van der Waals surface area contributed by atoms with Gasteiger partial charge in [0.05, 0.1) is 11.3 Å². The molecule has 2 amide bonds. The van der Waals surface area contributed by atoms with Crippen LogP contribution in [0.25, 0.3) is 0 Å². The van der Waals surface area contributed by atoms with Gasteiger partial charge in [0.25, 0.3) is 5.69 Å². The number of para-hydroxylation sites is 1. The molecule has 0 atom stereocenters. The van der Waals surface area contributed by atoms with Crippen LogP contribution in [0.2, 0.25) is 0 Å². The summed E-state index contributed by atoms with van der Waals surface area (Å²) in [5, 5.41) is 16.4. The van der Waals surface area contributed by atoms with E-state index in [0.717, 1.165) is 0 Å². The van der Waals surface area contributed by atoms with Gasteiger partial charge in [-0.05, 0) is 24.6 Å². The number of rotatable bonds is 5. The van der Waals surface area contributed by atoms with Crippen molar-refractivity contribution in [3.8, 4) is 0 Å². The van der Waals surface area contributed by atoms with Crippen molar-refractivity contribution >= 4 is 28.9 Å². The fourth-order valence-electron chi connectivity index (χ4n) is 2.30. The maximum absolute atomic E-state index is 12.2. The lowest BCUT2D eigenvalue weighted by molar-refractivity contribution is -0.385. The maximum atomic E-state index is 12.2. The molecule has 0 bridgehead atoms. The first-order chi connectivity index (χ1) is 11.4. The van der Waals surface area contributed by atoms with Crippen molar-refractivity contribution in [3.05, 3.63) is 63.7 Å². The van der Waals surface area contributed by atoms with Gasteiger partial charge in [0.2, 0.25) is 11.8 Å². The van der Waals surface area contributed by atoms with Crippen LogP contribution in [0.3, 0.4) is 0 Å². The van der Waals surface area contributed by atoms with E-state index in [-0.39, 0.29) is 23.9 Å². The highest BCUT2D eigenvalue weighted by Crippen LogP contribution is 2.24. The number of benzene rings is 2. The molecule has 2 aromatic rings. The first-order valence-corrected chi connectivity index (χ1v) is 7.28. The number of hydrogen-bond donors (Lipinski definition) is 2. The van der Waals surface area contributed by atoms with Gasteiger partial charge in [-0.2, -0.15) is 0 Å². The first kappa shape index (κ1) is 17.1. The molecule has 0 fully saturated rings. The van der Waals surface area contributed by atoms with Crippen molar-refractivity contribution in [1.82, 2.24) is 0 Å². The van der Waals surface area contributed by atoms with Crippen molar-refractivity contribution in [3.63, 3.8) is 0 Å². The molecule has 0 saturated heterocycles. The summed E-state index contributed by atoms with van der Waals surface area (Å²) in [5.41, 5.74) is 2.12. The van der Waals surface area contributed by atoms with Gasteiger partial charge in [0.15, 0.2) is 0 Å². The van der Waals surface area contributed by atoms with Crippen LogP contribution in [-0.4, -0.2) is 16.7 Å². The Kier molecular flexibility index (Phi) is 5.26. The van der Waals surface area contributed by atoms with Gasteiger partial charge in [-0.15, -0.1) is 0 Å². The minimum Gasteiger partial charge on any atom is -0.326 e. The molecule has 124 valence electrons. The summed E-state index contributed by atoms with van der Waals surface area (Å²) < 4.78 is 0. The molecule has 7 heteroatoms. The predicted molar refractivity (Wildman–Crippen MR) is 90.9 cm³/mol. The Morgan fingerprint density at radius 1 is 1.04 bits per heavy atom. The molecule has 0 aliphatic heterocycles. The number of nitrogens with zero attached hydrogens (tertiary/aromatic N) is 1. The van der Waals surface area contributed by atoms with Crippen LogP contribution in [0.5, 0.6) is 0 Å². The molecule has 24 heavy (non-hydrogen) atoms. The first-order valence-electron chi connectivity index (χ1n) is 7.28. The van der Waals surface area contributed by atoms with Crippen LogP contribution in [0, 0.1) is 17.0 Å². The molecule has 0 saturated carbocycles. The maximum Gasteiger partial charge on any atom is 0.273 e. The summed E-state index contributed by atoms with van der Waals surface area (Å²) in [7, 11) is 0. The standard InChI is InChI=1S/C17H17N3O4/c1-11-14(18-12(2)21)7-5-8-15(11)19-17(22)10-13-6-3-4-9-16(13)20(23)24/h3-9H,10H2,1-2H3,(H,18,21)(H,19,22). The van der Waals surface area contributed by atoms with Gasteiger partial charge in [-0.3, -0.25) is 19.7 Å². The number of nitro benzene ring substituents is 1. The summed E-state index contributed by atoms with van der Waals surface area (Å²) in [6.07, 6.45) is -0.110. The average Bonchev–Trinajstić information content (AvgIpc) is 2.51. The van der Waals surface area contributed by atoms with E-state index in [2.05, 4.69) is 10.6 Å². The highest BCUT2D eigenvalue weighted by atomic mass is 16.6. The fourth-order valence-corrected chi connectivity index (χ4v) is 2.30. The van der Waals surface area contributed by atoms with Crippen LogP contribution in [-0.2, 0) is 16.0 Å². The Labute approximate surface area is 138 Å². The quantitative estimate of drug-likeness (QED) is 0.651. The lowest BCUT2D eigenvalue weighted by Gasteiger charge is -2.12. The molecule has 0 radical (unpaired) electrons. The summed E-state index contributed by atoms with van der Waals surface area (Å²) in [6.45, 7) is 3.17. The van der Waals surface area contributed by atoms with Gasteiger partial charge in [-0.1, -0.05) is 24.3 Å². The predicted octanol–water partition coefficient (Wildman–Crippen LogP) is 3.04. The van der Waals surface area contributed by atoms with E-state index in [4.69, 9.17) is 0 Å². The molecular formula is C17H17N3O4. The minimum atomic E-state index is -0.509. The average molecular weight is 327 g/mol. The fraction of sp³-hybridized carbons (Fsp3) is 0.176. The molecule has 0 spiro atoms. The molecule has 7 nitrogen and oxygen atoms in total. The monoisotopic (exact) mass is 327 g/mol. The van der Waals surface area contributed by atoms with E-state index < -0.39 is 4.92 Å².